The fourth-order valence-electron chi connectivity index (χ4n) is 1.44. The van der Waals surface area contributed by atoms with Gasteiger partial charge in [-0.25, -0.2) is 0 Å². The van der Waals surface area contributed by atoms with Gasteiger partial charge in [0.25, 0.3) is 0 Å². The molecule has 1 heterocycles. The van der Waals surface area contributed by atoms with Crippen LogP contribution in [-0.2, 0) is 6.42 Å². The zero-order chi connectivity index (χ0) is 12.3. The van der Waals surface area contributed by atoms with E-state index in [1.165, 1.54) is 0 Å². The fraction of sp³-hybridized carbons (Fsp3) is 0.0769. The zero-order valence-electron chi connectivity index (χ0n) is 8.86. The molecule has 0 aliphatic heterocycles. The van der Waals surface area contributed by atoms with Crippen LogP contribution < -0.4 is 0 Å². The molecule has 0 N–H and O–H groups in total. The Hall–Kier alpha value is -1.19. The maximum Gasteiger partial charge on any atom is 0.168 e. The van der Waals surface area contributed by atoms with Gasteiger partial charge in [-0.2, -0.15) is 0 Å². The van der Waals surface area contributed by atoms with Gasteiger partial charge in [-0.05, 0) is 46.3 Å². The van der Waals surface area contributed by atoms with E-state index in [-0.39, 0.29) is 5.78 Å². The van der Waals surface area contributed by atoms with Crippen LogP contribution in [0.3, 0.4) is 0 Å². The van der Waals surface area contributed by atoms with Gasteiger partial charge in [0.2, 0.25) is 0 Å². The van der Waals surface area contributed by atoms with E-state index in [1.807, 2.05) is 18.2 Å². The molecule has 0 unspecified atom stereocenters. The van der Waals surface area contributed by atoms with Crippen LogP contribution in [0.15, 0.2) is 47.1 Å². The van der Waals surface area contributed by atoms with Gasteiger partial charge in [0.1, 0.15) is 0 Å². The van der Waals surface area contributed by atoms with Crippen molar-refractivity contribution in [3.05, 3.63) is 63.3 Å². The zero-order valence-corrected chi connectivity index (χ0v) is 11.2. The lowest BCUT2D eigenvalue weighted by Gasteiger charge is -2.02. The van der Waals surface area contributed by atoms with Crippen LogP contribution in [0.5, 0.6) is 0 Å². The summed E-state index contributed by atoms with van der Waals surface area (Å²) in [5.41, 5.74) is 1.40. The van der Waals surface area contributed by atoms with Crippen LogP contribution >= 0.6 is 27.5 Å². The van der Waals surface area contributed by atoms with Gasteiger partial charge in [0, 0.05) is 21.9 Å². The van der Waals surface area contributed by atoms with Gasteiger partial charge in [0.05, 0.1) is 11.4 Å². The van der Waals surface area contributed by atoms with E-state index in [1.54, 1.807) is 24.4 Å². The first-order valence-corrected chi connectivity index (χ1v) is 6.22. The Morgan fingerprint density at radius 2 is 2.12 bits per heavy atom. The van der Waals surface area contributed by atoms with Crippen molar-refractivity contribution in [3.63, 3.8) is 0 Å². The van der Waals surface area contributed by atoms with Gasteiger partial charge in [-0.1, -0.05) is 17.7 Å². The molecule has 4 heteroatoms. The molecule has 1 aromatic carbocycles. The average Bonchev–Trinajstić information content (AvgIpc) is 2.34. The van der Waals surface area contributed by atoms with Gasteiger partial charge in [0.15, 0.2) is 5.78 Å². The Labute approximate surface area is 113 Å². The molecule has 1 aromatic heterocycles. The molecule has 0 aliphatic carbocycles. The molecule has 0 fully saturated rings. The van der Waals surface area contributed by atoms with E-state index in [2.05, 4.69) is 20.9 Å². The second kappa shape index (κ2) is 5.43. The Bertz CT molecular complexity index is 542. The van der Waals surface area contributed by atoms with Gasteiger partial charge in [-0.3, -0.25) is 9.78 Å². The second-order valence-corrected chi connectivity index (χ2v) is 4.81. The minimum atomic E-state index is 0.0288. The number of benzene rings is 1. The summed E-state index contributed by atoms with van der Waals surface area (Å²) in [6.45, 7) is 0. The smallest absolute Gasteiger partial charge is 0.168 e. The minimum absolute atomic E-state index is 0.0288. The molecular weight excluding hydrogens is 302 g/mol. The van der Waals surface area contributed by atoms with Gasteiger partial charge >= 0.3 is 0 Å². The normalized spacial score (nSPS) is 10.2. The highest BCUT2D eigenvalue weighted by Gasteiger charge is 2.09. The van der Waals surface area contributed by atoms with E-state index < -0.39 is 0 Å². The summed E-state index contributed by atoms with van der Waals surface area (Å²) in [6.07, 6.45) is 1.98. The number of rotatable bonds is 3. The quantitative estimate of drug-likeness (QED) is 0.804. The molecule has 2 nitrogen and oxygen atoms in total. The van der Waals surface area contributed by atoms with Crippen LogP contribution in [0.2, 0.25) is 5.02 Å². The van der Waals surface area contributed by atoms with Crippen molar-refractivity contribution in [1.82, 2.24) is 4.98 Å². The van der Waals surface area contributed by atoms with E-state index in [0.29, 0.717) is 17.0 Å². The Kier molecular flexibility index (Phi) is 3.92. The molecule has 0 radical (unpaired) electrons. The predicted octanol–water partition coefficient (Wildman–Crippen LogP) is 3.92. The number of carbonyl (C=O) groups is 1. The molecule has 86 valence electrons. The molecule has 17 heavy (non-hydrogen) atoms. The monoisotopic (exact) mass is 309 g/mol. The Morgan fingerprint density at radius 3 is 2.76 bits per heavy atom. The van der Waals surface area contributed by atoms with E-state index in [0.717, 1.165) is 10.2 Å². The maximum atomic E-state index is 12.0. The Balaban J connectivity index is 2.18. The third-order valence-electron chi connectivity index (χ3n) is 2.31. The minimum Gasteiger partial charge on any atom is -0.294 e. The SMILES string of the molecule is O=C(Cc1ccccn1)c1ccc(Cl)c(Br)c1. The van der Waals surface area contributed by atoms with Crippen molar-refractivity contribution in [2.24, 2.45) is 0 Å². The van der Waals surface area contributed by atoms with Crippen molar-refractivity contribution in [2.45, 2.75) is 6.42 Å². The number of aromatic nitrogens is 1. The van der Waals surface area contributed by atoms with E-state index in [4.69, 9.17) is 11.6 Å². The molecular formula is C13H9BrClNO. The van der Waals surface area contributed by atoms with Crippen LogP contribution in [-0.4, -0.2) is 10.8 Å². The molecule has 0 aliphatic rings. The van der Waals surface area contributed by atoms with Crippen LogP contribution in [0.25, 0.3) is 0 Å². The van der Waals surface area contributed by atoms with Crippen LogP contribution in [0.4, 0.5) is 0 Å². The van der Waals surface area contributed by atoms with Crippen molar-refractivity contribution < 1.29 is 4.79 Å². The summed E-state index contributed by atoms with van der Waals surface area (Å²) in [5.74, 6) is 0.0288. The molecule has 0 amide bonds. The van der Waals surface area contributed by atoms with E-state index >= 15 is 0 Å². The van der Waals surface area contributed by atoms with Crippen molar-refractivity contribution >= 4 is 33.3 Å². The summed E-state index contributed by atoms with van der Waals surface area (Å²) < 4.78 is 0.728. The topological polar surface area (TPSA) is 30.0 Å². The largest absolute Gasteiger partial charge is 0.294 e. The number of nitrogens with zero attached hydrogens (tertiary/aromatic N) is 1. The number of hydrogen-bond donors (Lipinski definition) is 0. The van der Waals surface area contributed by atoms with Crippen molar-refractivity contribution in [1.29, 1.82) is 0 Å². The number of hydrogen-bond acceptors (Lipinski definition) is 2. The average molecular weight is 311 g/mol. The number of carbonyl (C=O) groups excluding carboxylic acids is 1. The molecule has 0 saturated carbocycles. The number of pyridine rings is 1. The lowest BCUT2D eigenvalue weighted by Crippen LogP contribution is -2.04. The first-order valence-electron chi connectivity index (χ1n) is 5.05. The molecule has 0 spiro atoms. The second-order valence-electron chi connectivity index (χ2n) is 3.55. The standard InChI is InChI=1S/C13H9BrClNO/c14-11-7-9(4-5-12(11)15)13(17)8-10-3-1-2-6-16-10/h1-7H,8H2. The summed E-state index contributed by atoms with van der Waals surface area (Å²) in [5, 5.41) is 0.597. The summed E-state index contributed by atoms with van der Waals surface area (Å²) in [4.78, 5) is 16.1. The third-order valence-corrected chi connectivity index (χ3v) is 3.52. The Morgan fingerprint density at radius 1 is 1.29 bits per heavy atom. The van der Waals surface area contributed by atoms with Gasteiger partial charge in [-0.15, -0.1) is 0 Å². The summed E-state index contributed by atoms with van der Waals surface area (Å²) in [7, 11) is 0. The number of ketones is 1. The lowest BCUT2D eigenvalue weighted by molar-refractivity contribution is 0.0992. The predicted molar refractivity (Wildman–Crippen MR) is 71.4 cm³/mol. The number of Topliss-reactive ketones (excluding diaryl/α,β-unsaturated/α-hetero) is 1. The highest BCUT2D eigenvalue weighted by Crippen LogP contribution is 2.23. The summed E-state index contributed by atoms with van der Waals surface area (Å²) >= 11 is 9.17. The van der Waals surface area contributed by atoms with Crippen molar-refractivity contribution in [2.75, 3.05) is 0 Å². The molecule has 0 atom stereocenters. The fourth-order valence-corrected chi connectivity index (χ4v) is 1.94. The molecule has 0 bridgehead atoms. The highest BCUT2D eigenvalue weighted by molar-refractivity contribution is 9.10. The lowest BCUT2D eigenvalue weighted by atomic mass is 10.1. The molecule has 2 aromatic rings. The van der Waals surface area contributed by atoms with E-state index in [9.17, 15) is 4.79 Å². The first kappa shape index (κ1) is 12.3. The third kappa shape index (κ3) is 3.14. The van der Waals surface area contributed by atoms with Crippen LogP contribution in [0.1, 0.15) is 16.1 Å². The van der Waals surface area contributed by atoms with Crippen molar-refractivity contribution in [3.8, 4) is 0 Å². The highest BCUT2D eigenvalue weighted by atomic mass is 79.9. The molecule has 2 rings (SSSR count). The molecule has 0 saturated heterocycles. The number of halogens is 2. The van der Waals surface area contributed by atoms with Crippen LogP contribution in [0, 0.1) is 0 Å². The first-order chi connectivity index (χ1) is 8.16. The summed E-state index contributed by atoms with van der Waals surface area (Å²) in [6, 6.07) is 10.7. The maximum absolute atomic E-state index is 12.0. The van der Waals surface area contributed by atoms with Gasteiger partial charge < -0.3 is 0 Å².